The lowest BCUT2D eigenvalue weighted by Crippen LogP contribution is -2.40. The molecule has 49 heavy (non-hydrogen) atoms. The van der Waals surface area contributed by atoms with Gasteiger partial charge in [-0.1, -0.05) is 48.5 Å². The number of rotatable bonds is 5. The molecule has 2 amide bonds. The largest absolute Gasteiger partial charge is 0.444 e. The van der Waals surface area contributed by atoms with Crippen LogP contribution in [0.1, 0.15) is 105 Å². The molecule has 0 bridgehead atoms. The number of likely N-dealkylation sites (tertiary alicyclic amines) is 2. The molecule has 4 atom stereocenters. The van der Waals surface area contributed by atoms with E-state index in [0.29, 0.717) is 17.8 Å². The molecule has 0 spiro atoms. The van der Waals surface area contributed by atoms with Gasteiger partial charge in [-0.2, -0.15) is 4.39 Å². The predicted molar refractivity (Wildman–Crippen MR) is 186 cm³/mol. The molecule has 4 aromatic rings. The summed E-state index contributed by atoms with van der Waals surface area (Å²) in [4.78, 5) is 44.9. The van der Waals surface area contributed by atoms with Crippen molar-refractivity contribution >= 4 is 12.2 Å². The highest BCUT2D eigenvalue weighted by molar-refractivity contribution is 5.73. The van der Waals surface area contributed by atoms with Crippen molar-refractivity contribution in [1.29, 1.82) is 0 Å². The van der Waals surface area contributed by atoms with E-state index in [2.05, 4.69) is 19.9 Å². The standard InChI is InChI=1S/C38H47FN6O4/c1-22-9-19-29(44(22)35(46)48-37(3,4)5)33-40-21-28(41-33)26-15-11-24(12-16-26)25-13-17-27(18-14-25)31-32(39)43-34(42-31)30-20-10-23(2)45(30)36(47)49-38(6,7)8/h11-18,21-23,29-30H,9-10,19-20H2,1-8H3,(H,40,41)(H,42,43)/t22-,23-,29-,30-/m0/s1. The van der Waals surface area contributed by atoms with Gasteiger partial charge in [-0.25, -0.2) is 19.6 Å². The van der Waals surface area contributed by atoms with Crippen LogP contribution < -0.4 is 0 Å². The summed E-state index contributed by atoms with van der Waals surface area (Å²) in [7, 11) is 0. The van der Waals surface area contributed by atoms with Crippen LogP contribution in [0.5, 0.6) is 0 Å². The minimum absolute atomic E-state index is 0.0388. The molecule has 260 valence electrons. The van der Waals surface area contributed by atoms with E-state index in [-0.39, 0.29) is 36.0 Å². The van der Waals surface area contributed by atoms with E-state index < -0.39 is 23.2 Å². The Kier molecular flexibility index (Phi) is 9.06. The Morgan fingerprint density at radius 3 is 1.63 bits per heavy atom. The Balaban J connectivity index is 1.15. The second kappa shape index (κ2) is 13.0. The Morgan fingerprint density at radius 2 is 1.14 bits per heavy atom. The summed E-state index contributed by atoms with van der Waals surface area (Å²) >= 11 is 0. The molecule has 2 aromatic heterocycles. The van der Waals surface area contributed by atoms with E-state index in [1.807, 2.05) is 110 Å². The van der Waals surface area contributed by atoms with Crippen molar-refractivity contribution < 1.29 is 23.5 Å². The van der Waals surface area contributed by atoms with Crippen LogP contribution in [0.25, 0.3) is 33.6 Å². The minimum Gasteiger partial charge on any atom is -0.444 e. The van der Waals surface area contributed by atoms with Crippen molar-refractivity contribution in [3.63, 3.8) is 0 Å². The van der Waals surface area contributed by atoms with Gasteiger partial charge in [0.15, 0.2) is 0 Å². The first-order chi connectivity index (χ1) is 23.1. The minimum atomic E-state index is -0.630. The Hall–Kier alpha value is -4.67. The van der Waals surface area contributed by atoms with Gasteiger partial charge in [0.25, 0.3) is 0 Å². The molecular weight excluding hydrogens is 623 g/mol. The average Bonchev–Trinajstić information content (AvgIpc) is 3.81. The third-order valence-corrected chi connectivity index (χ3v) is 9.15. The van der Waals surface area contributed by atoms with Gasteiger partial charge in [-0.15, -0.1) is 0 Å². The van der Waals surface area contributed by atoms with Gasteiger partial charge in [-0.3, -0.25) is 9.80 Å². The number of amides is 2. The number of aromatic nitrogens is 4. The first-order valence-corrected chi connectivity index (χ1v) is 17.1. The van der Waals surface area contributed by atoms with Gasteiger partial charge >= 0.3 is 12.2 Å². The van der Waals surface area contributed by atoms with Crippen LogP contribution in [-0.4, -0.2) is 65.2 Å². The van der Waals surface area contributed by atoms with E-state index in [0.717, 1.165) is 47.5 Å². The number of H-pyrrole nitrogens is 2. The summed E-state index contributed by atoms with van der Waals surface area (Å²) in [5, 5.41) is 0. The van der Waals surface area contributed by atoms with Crippen LogP contribution in [0, 0.1) is 5.95 Å². The van der Waals surface area contributed by atoms with Crippen LogP contribution in [0.4, 0.5) is 14.0 Å². The molecule has 0 saturated carbocycles. The number of hydrogen-bond acceptors (Lipinski definition) is 6. The van der Waals surface area contributed by atoms with Crippen LogP contribution in [0.3, 0.4) is 0 Å². The van der Waals surface area contributed by atoms with Crippen molar-refractivity contribution in [3.05, 3.63) is 72.3 Å². The number of imidazole rings is 2. The molecule has 2 N–H and O–H groups in total. The Bertz CT molecular complexity index is 1800. The maximum absolute atomic E-state index is 15.2. The van der Waals surface area contributed by atoms with Gasteiger partial charge in [0.1, 0.15) is 28.5 Å². The number of nitrogens with zero attached hydrogens (tertiary/aromatic N) is 4. The van der Waals surface area contributed by atoms with Gasteiger partial charge in [0.05, 0.1) is 24.0 Å². The molecule has 2 aliphatic heterocycles. The van der Waals surface area contributed by atoms with Crippen LogP contribution >= 0.6 is 0 Å². The van der Waals surface area contributed by atoms with Crippen molar-refractivity contribution in [1.82, 2.24) is 29.7 Å². The molecule has 2 fully saturated rings. The third-order valence-electron chi connectivity index (χ3n) is 9.15. The number of nitrogens with one attached hydrogen (secondary N) is 2. The van der Waals surface area contributed by atoms with E-state index in [1.165, 1.54) is 0 Å². The monoisotopic (exact) mass is 670 g/mol. The predicted octanol–water partition coefficient (Wildman–Crippen LogP) is 9.19. The number of carbonyl (C=O) groups excluding carboxylic acids is 2. The van der Waals surface area contributed by atoms with E-state index in [9.17, 15) is 9.59 Å². The molecule has 0 aliphatic carbocycles. The lowest BCUT2D eigenvalue weighted by atomic mass is 10.0. The maximum Gasteiger partial charge on any atom is 0.411 e. The van der Waals surface area contributed by atoms with Gasteiger partial charge in [-0.05, 0) is 97.8 Å². The van der Waals surface area contributed by atoms with Crippen LogP contribution in [0.2, 0.25) is 0 Å². The SMILES string of the molecule is C[C@H]1CC[C@@H](c2ncc(-c3ccc(-c4ccc(-c5[nH]c([C@@H]6CC[C@H](C)N6C(=O)OC(C)(C)C)nc5F)cc4)cc3)[nH]2)N1C(=O)OC(C)(C)C. The van der Waals surface area contributed by atoms with Gasteiger partial charge in [0.2, 0.25) is 5.95 Å². The molecule has 10 nitrogen and oxygen atoms in total. The third kappa shape index (κ3) is 7.35. The maximum atomic E-state index is 15.2. The molecule has 0 unspecified atom stereocenters. The number of hydrogen-bond donors (Lipinski definition) is 2. The number of ether oxygens (including phenoxy) is 2. The summed E-state index contributed by atoms with van der Waals surface area (Å²) in [5.41, 5.74) is 3.59. The van der Waals surface area contributed by atoms with Crippen LogP contribution in [-0.2, 0) is 9.47 Å². The lowest BCUT2D eigenvalue weighted by molar-refractivity contribution is 0.0140. The smallest absolute Gasteiger partial charge is 0.411 e. The molecule has 2 aromatic carbocycles. The summed E-state index contributed by atoms with van der Waals surface area (Å²) in [6, 6.07) is 15.3. The average molecular weight is 671 g/mol. The quantitative estimate of drug-likeness (QED) is 0.219. The Labute approximate surface area is 287 Å². The fourth-order valence-corrected chi connectivity index (χ4v) is 6.79. The van der Waals surface area contributed by atoms with E-state index in [1.54, 1.807) is 9.80 Å². The normalized spacial score (nSPS) is 21.3. The first-order valence-electron chi connectivity index (χ1n) is 17.1. The number of aromatic amines is 2. The molecule has 4 heterocycles. The number of carbonyl (C=O) groups is 2. The van der Waals surface area contributed by atoms with Crippen molar-refractivity contribution in [2.24, 2.45) is 0 Å². The topological polar surface area (TPSA) is 116 Å². The van der Waals surface area contributed by atoms with E-state index in [4.69, 9.17) is 9.47 Å². The summed E-state index contributed by atoms with van der Waals surface area (Å²) < 4.78 is 26.5. The van der Waals surface area contributed by atoms with E-state index >= 15 is 4.39 Å². The molecule has 0 radical (unpaired) electrons. The van der Waals surface area contributed by atoms with Crippen molar-refractivity contribution in [2.75, 3.05) is 0 Å². The fourth-order valence-electron chi connectivity index (χ4n) is 6.79. The molecule has 2 saturated heterocycles. The van der Waals surface area contributed by atoms with Gasteiger partial charge < -0.3 is 19.4 Å². The number of halogens is 1. The molecule has 6 rings (SSSR count). The second-order valence-electron chi connectivity index (χ2n) is 15.3. The molecule has 11 heteroatoms. The zero-order valence-electron chi connectivity index (χ0n) is 29.6. The zero-order valence-corrected chi connectivity index (χ0v) is 29.6. The number of benzene rings is 2. The lowest BCUT2D eigenvalue weighted by Gasteiger charge is -2.30. The molecular formula is C38H47FN6O4. The summed E-state index contributed by atoms with van der Waals surface area (Å²) in [6.07, 6.45) is 4.22. The highest BCUT2D eigenvalue weighted by atomic mass is 19.1. The highest BCUT2D eigenvalue weighted by Crippen LogP contribution is 2.39. The zero-order chi connectivity index (χ0) is 35.2. The van der Waals surface area contributed by atoms with Crippen molar-refractivity contribution in [2.45, 2.75) is 116 Å². The highest BCUT2D eigenvalue weighted by Gasteiger charge is 2.41. The second-order valence-corrected chi connectivity index (χ2v) is 15.3. The Morgan fingerprint density at radius 1 is 0.694 bits per heavy atom. The van der Waals surface area contributed by atoms with Crippen molar-refractivity contribution in [3.8, 4) is 33.6 Å². The molecule has 2 aliphatic rings. The van der Waals surface area contributed by atoms with Crippen LogP contribution in [0.15, 0.2) is 54.7 Å². The summed E-state index contributed by atoms with van der Waals surface area (Å²) in [6.45, 7) is 15.1. The summed E-state index contributed by atoms with van der Waals surface area (Å²) in [5.74, 6) is 0.569. The fraction of sp³-hybridized carbons (Fsp3) is 0.474. The van der Waals surface area contributed by atoms with Gasteiger partial charge in [0, 0.05) is 17.6 Å². The first kappa shape index (κ1) is 34.2.